The first-order valence-corrected chi connectivity index (χ1v) is 3.27. The smallest absolute Gasteiger partial charge is 0.469 e. The number of hydrogen-bond donors (Lipinski definition) is 1. The van der Waals surface area contributed by atoms with Crippen molar-refractivity contribution in [3.05, 3.63) is 0 Å². The van der Waals surface area contributed by atoms with Gasteiger partial charge in [0.05, 0.1) is 13.5 Å². The predicted octanol–water partition coefficient (Wildman–Crippen LogP) is -0.381. The maximum Gasteiger partial charge on any atom is 0.509 e. The van der Waals surface area contributed by atoms with Crippen LogP contribution in [0.15, 0.2) is 0 Å². The summed E-state index contributed by atoms with van der Waals surface area (Å²) < 4.78 is 12.9. The second kappa shape index (κ2) is 6.41. The van der Waals surface area contributed by atoms with Crippen LogP contribution in [0.25, 0.3) is 0 Å². The summed E-state index contributed by atoms with van der Waals surface area (Å²) >= 11 is 0. The number of hydrogen-bond acceptors (Lipinski definition) is 6. The molecule has 0 spiro atoms. The maximum atomic E-state index is 10.5. The summed E-state index contributed by atoms with van der Waals surface area (Å²) in [6.07, 6.45) is -0.877. The zero-order chi connectivity index (χ0) is 9.40. The first kappa shape index (κ1) is 10.7. The van der Waals surface area contributed by atoms with Crippen molar-refractivity contribution in [3.63, 3.8) is 0 Å². The molecule has 0 aliphatic rings. The summed E-state index contributed by atoms with van der Waals surface area (Å²) in [7, 11) is 1.25. The largest absolute Gasteiger partial charge is 0.509 e. The lowest BCUT2D eigenvalue weighted by atomic mass is 10.5. The molecule has 0 radical (unpaired) electrons. The number of carbonyl (C=O) groups is 2. The van der Waals surface area contributed by atoms with E-state index in [4.69, 9.17) is 5.73 Å². The van der Waals surface area contributed by atoms with Crippen molar-refractivity contribution in [3.8, 4) is 0 Å². The number of esters is 1. The molecule has 6 nitrogen and oxygen atoms in total. The van der Waals surface area contributed by atoms with Gasteiger partial charge in [-0.2, -0.15) is 0 Å². The Morgan fingerprint density at radius 1 is 1.33 bits per heavy atom. The number of methoxy groups -OCH3 is 1. The van der Waals surface area contributed by atoms with Crippen LogP contribution < -0.4 is 5.73 Å². The topological polar surface area (TPSA) is 87.8 Å². The minimum absolute atomic E-state index is 0.0101. The number of carbonyl (C=O) groups excluding carboxylic acids is 2. The fraction of sp³-hybridized carbons (Fsp3) is 0.667. The van der Waals surface area contributed by atoms with E-state index in [9.17, 15) is 9.59 Å². The van der Waals surface area contributed by atoms with E-state index in [1.54, 1.807) is 0 Å². The summed E-state index contributed by atoms with van der Waals surface area (Å²) in [6, 6.07) is 0. The van der Waals surface area contributed by atoms with Crippen LogP contribution in [0.2, 0.25) is 0 Å². The molecule has 12 heavy (non-hydrogen) atoms. The molecule has 0 saturated carbocycles. The Morgan fingerprint density at radius 3 is 2.50 bits per heavy atom. The molecule has 0 aromatic carbocycles. The fourth-order valence-corrected chi connectivity index (χ4v) is 0.429. The van der Waals surface area contributed by atoms with Crippen LogP contribution in [0.4, 0.5) is 4.79 Å². The highest BCUT2D eigenvalue weighted by Crippen LogP contribution is 1.88. The Bertz CT molecular complexity index is 158. The van der Waals surface area contributed by atoms with Gasteiger partial charge in [0.2, 0.25) is 0 Å². The van der Waals surface area contributed by atoms with E-state index in [1.165, 1.54) is 7.11 Å². The van der Waals surface area contributed by atoms with Crippen molar-refractivity contribution in [1.29, 1.82) is 0 Å². The first-order valence-electron chi connectivity index (χ1n) is 3.27. The zero-order valence-corrected chi connectivity index (χ0v) is 6.74. The van der Waals surface area contributed by atoms with Gasteiger partial charge in [-0.05, 0) is 0 Å². The lowest BCUT2D eigenvalue weighted by Gasteiger charge is -2.02. The van der Waals surface area contributed by atoms with Gasteiger partial charge in [-0.1, -0.05) is 0 Å². The van der Waals surface area contributed by atoms with Gasteiger partial charge in [-0.15, -0.1) is 0 Å². The third-order valence-electron chi connectivity index (χ3n) is 0.955. The summed E-state index contributed by atoms with van der Waals surface area (Å²) in [5.41, 5.74) is 4.87. The van der Waals surface area contributed by atoms with Crippen molar-refractivity contribution < 1.29 is 23.8 Å². The second-order valence-corrected chi connectivity index (χ2v) is 1.74. The third-order valence-corrected chi connectivity index (χ3v) is 0.955. The van der Waals surface area contributed by atoms with Crippen LogP contribution in [0.3, 0.4) is 0 Å². The van der Waals surface area contributed by atoms with Crippen LogP contribution in [0.5, 0.6) is 0 Å². The molecular formula is C6H11NO5. The van der Waals surface area contributed by atoms with Gasteiger partial charge in [0.25, 0.3) is 0 Å². The predicted molar refractivity (Wildman–Crippen MR) is 38.1 cm³/mol. The monoisotopic (exact) mass is 177 g/mol. The van der Waals surface area contributed by atoms with Gasteiger partial charge in [0.15, 0.2) is 0 Å². The highest BCUT2D eigenvalue weighted by atomic mass is 16.7. The van der Waals surface area contributed by atoms with Gasteiger partial charge < -0.3 is 14.2 Å². The maximum absolute atomic E-state index is 10.5. The fourth-order valence-electron chi connectivity index (χ4n) is 0.429. The summed E-state index contributed by atoms with van der Waals surface area (Å²) in [4.78, 5) is 20.9. The Morgan fingerprint density at radius 2 is 2.00 bits per heavy atom. The highest BCUT2D eigenvalue weighted by Gasteiger charge is 2.04. The molecule has 6 heteroatoms. The SMILES string of the molecule is COC(=O)CCOC(=O)OCN. The van der Waals surface area contributed by atoms with Gasteiger partial charge in [-0.25, -0.2) is 4.79 Å². The van der Waals surface area contributed by atoms with E-state index in [-0.39, 0.29) is 19.8 Å². The molecule has 0 bridgehead atoms. The molecule has 2 N–H and O–H groups in total. The number of ether oxygens (including phenoxy) is 3. The second-order valence-electron chi connectivity index (χ2n) is 1.74. The van der Waals surface area contributed by atoms with Crippen molar-refractivity contribution in [2.45, 2.75) is 6.42 Å². The number of nitrogens with two attached hydrogens (primary N) is 1. The Labute approximate surface area is 69.6 Å². The van der Waals surface area contributed by atoms with Crippen LogP contribution >= 0.6 is 0 Å². The van der Waals surface area contributed by atoms with E-state index in [2.05, 4.69) is 14.2 Å². The van der Waals surface area contributed by atoms with Crippen LogP contribution in [-0.4, -0.2) is 32.6 Å². The van der Waals surface area contributed by atoms with Crippen molar-refractivity contribution >= 4 is 12.1 Å². The molecule has 0 rings (SSSR count). The Hall–Kier alpha value is -1.30. The van der Waals surface area contributed by atoms with E-state index in [0.29, 0.717) is 0 Å². The van der Waals surface area contributed by atoms with Gasteiger partial charge in [-0.3, -0.25) is 10.5 Å². The minimum atomic E-state index is -0.888. The molecule has 0 aromatic heterocycles. The molecule has 0 aliphatic carbocycles. The Balaban J connectivity index is 3.30. The van der Waals surface area contributed by atoms with E-state index < -0.39 is 12.1 Å². The van der Waals surface area contributed by atoms with Crippen molar-refractivity contribution in [2.24, 2.45) is 5.73 Å². The standard InChI is InChI=1S/C6H11NO5/c1-10-5(8)2-3-11-6(9)12-4-7/h2-4,7H2,1H3. The van der Waals surface area contributed by atoms with Gasteiger partial charge in [0, 0.05) is 0 Å². The van der Waals surface area contributed by atoms with Crippen molar-refractivity contribution in [1.82, 2.24) is 0 Å². The van der Waals surface area contributed by atoms with Gasteiger partial charge >= 0.3 is 12.1 Å². The molecule has 0 atom stereocenters. The molecule has 0 unspecified atom stereocenters. The molecular weight excluding hydrogens is 166 g/mol. The average Bonchev–Trinajstić information content (AvgIpc) is 2.04. The summed E-state index contributed by atoms with van der Waals surface area (Å²) in [5, 5.41) is 0. The Kier molecular flexibility index (Phi) is 5.72. The normalized spacial score (nSPS) is 8.83. The molecule has 0 amide bonds. The van der Waals surface area contributed by atoms with Crippen LogP contribution in [-0.2, 0) is 19.0 Å². The first-order chi connectivity index (χ1) is 5.70. The zero-order valence-electron chi connectivity index (χ0n) is 6.74. The lowest BCUT2D eigenvalue weighted by molar-refractivity contribution is -0.141. The van der Waals surface area contributed by atoms with Crippen LogP contribution in [0.1, 0.15) is 6.42 Å². The average molecular weight is 177 g/mol. The molecule has 0 aromatic rings. The van der Waals surface area contributed by atoms with Crippen molar-refractivity contribution in [2.75, 3.05) is 20.4 Å². The summed E-state index contributed by atoms with van der Waals surface area (Å²) in [5.74, 6) is -0.449. The van der Waals surface area contributed by atoms with Crippen LogP contribution in [0, 0.1) is 0 Å². The molecule has 0 aliphatic heterocycles. The summed E-state index contributed by atoms with van der Waals surface area (Å²) in [6.45, 7) is -0.303. The molecule has 70 valence electrons. The quantitative estimate of drug-likeness (QED) is 0.465. The highest BCUT2D eigenvalue weighted by molar-refractivity contribution is 5.69. The van der Waals surface area contributed by atoms with E-state index >= 15 is 0 Å². The van der Waals surface area contributed by atoms with E-state index in [1.807, 2.05) is 0 Å². The minimum Gasteiger partial charge on any atom is -0.469 e. The molecule has 0 fully saturated rings. The molecule has 0 heterocycles. The molecule has 0 saturated heterocycles. The lowest BCUT2D eigenvalue weighted by Crippen LogP contribution is -2.15. The van der Waals surface area contributed by atoms with Gasteiger partial charge in [0.1, 0.15) is 13.3 Å². The van der Waals surface area contributed by atoms with E-state index in [0.717, 1.165) is 0 Å². The number of rotatable bonds is 4. The third kappa shape index (κ3) is 5.48.